The summed E-state index contributed by atoms with van der Waals surface area (Å²) in [5.41, 5.74) is 4.06. The van der Waals surface area contributed by atoms with Crippen molar-refractivity contribution in [3.63, 3.8) is 0 Å². The van der Waals surface area contributed by atoms with Gasteiger partial charge in [0.1, 0.15) is 11.0 Å². The predicted molar refractivity (Wildman–Crippen MR) is 78.9 cm³/mol. The molecular formula is C12H16N4O4S. The van der Waals surface area contributed by atoms with Gasteiger partial charge in [0.25, 0.3) is 5.56 Å². The van der Waals surface area contributed by atoms with E-state index in [1.165, 1.54) is 18.7 Å². The Kier molecular flexibility index (Phi) is 3.24. The summed E-state index contributed by atoms with van der Waals surface area (Å²) >= 11 is 1.23. The molecule has 1 aliphatic heterocycles. The lowest BCUT2D eigenvalue weighted by atomic mass is 9.96. The molecule has 114 valence electrons. The van der Waals surface area contributed by atoms with Crippen molar-refractivity contribution < 1.29 is 15.3 Å². The molecule has 2 aromatic heterocycles. The van der Waals surface area contributed by atoms with Gasteiger partial charge in [-0.1, -0.05) is 0 Å². The zero-order valence-corrected chi connectivity index (χ0v) is 12.0. The van der Waals surface area contributed by atoms with Gasteiger partial charge >= 0.3 is 0 Å². The van der Waals surface area contributed by atoms with Crippen LogP contribution in [0.2, 0.25) is 0 Å². The lowest BCUT2D eigenvalue weighted by molar-refractivity contribution is -0.0671. The second kappa shape index (κ2) is 4.73. The number of thioether (sulfide) groups is 1. The highest BCUT2D eigenvalue weighted by Gasteiger charge is 2.52. The van der Waals surface area contributed by atoms with E-state index in [9.17, 15) is 20.1 Å². The molecule has 21 heavy (non-hydrogen) atoms. The maximum absolute atomic E-state index is 11.8. The lowest BCUT2D eigenvalue weighted by Gasteiger charge is -2.29. The third-order valence-corrected chi connectivity index (χ3v) is 5.51. The fraction of sp³-hybridized carbons (Fsp3) is 0.500. The number of aliphatic hydroxyl groups is 3. The number of aliphatic hydroxyl groups excluding tert-OH is 2. The van der Waals surface area contributed by atoms with Crippen LogP contribution in [0.5, 0.6) is 0 Å². The first kappa shape index (κ1) is 14.4. The Hall–Kier alpha value is -1.55. The van der Waals surface area contributed by atoms with E-state index in [1.807, 2.05) is 0 Å². The number of rotatable bonds is 2. The number of anilines is 1. The number of nitrogens with one attached hydrogen (secondary N) is 1. The third kappa shape index (κ3) is 2.04. The molecule has 0 radical (unpaired) electrons. The molecule has 1 unspecified atom stereocenters. The van der Waals surface area contributed by atoms with Crippen molar-refractivity contribution >= 4 is 28.7 Å². The van der Waals surface area contributed by atoms with E-state index in [1.54, 1.807) is 16.8 Å². The van der Waals surface area contributed by atoms with Crippen molar-refractivity contribution in [1.82, 2.24) is 14.5 Å². The second-order valence-corrected chi connectivity index (χ2v) is 6.62. The molecule has 9 heteroatoms. The van der Waals surface area contributed by atoms with Gasteiger partial charge in [-0.15, -0.1) is 11.8 Å². The molecule has 0 amide bonds. The maximum Gasteiger partial charge on any atom is 0.261 e. The molecule has 3 rings (SSSR count). The summed E-state index contributed by atoms with van der Waals surface area (Å²) in [6.07, 6.45) is 0.527. The Morgan fingerprint density at radius 3 is 2.95 bits per heavy atom. The van der Waals surface area contributed by atoms with Crippen LogP contribution in [0.1, 0.15) is 12.3 Å². The number of nitrogens with zero attached hydrogens (tertiary/aromatic N) is 2. The van der Waals surface area contributed by atoms with Gasteiger partial charge in [-0.25, -0.2) is 0 Å². The summed E-state index contributed by atoms with van der Waals surface area (Å²) in [5, 5.41) is 29.2. The van der Waals surface area contributed by atoms with Gasteiger partial charge in [0, 0.05) is 6.20 Å². The summed E-state index contributed by atoms with van der Waals surface area (Å²) in [4.78, 5) is 18.3. The summed E-state index contributed by atoms with van der Waals surface area (Å²) in [7, 11) is 0. The minimum atomic E-state index is -1.47. The van der Waals surface area contributed by atoms with E-state index >= 15 is 0 Å². The first-order valence-electron chi connectivity index (χ1n) is 6.39. The van der Waals surface area contributed by atoms with E-state index in [-0.39, 0.29) is 18.1 Å². The van der Waals surface area contributed by atoms with Gasteiger partial charge in [0.15, 0.2) is 5.65 Å². The number of hydrogen-bond donors (Lipinski definition) is 5. The van der Waals surface area contributed by atoms with E-state index in [2.05, 4.69) is 9.97 Å². The molecule has 3 heterocycles. The smallest absolute Gasteiger partial charge is 0.261 e. The van der Waals surface area contributed by atoms with Crippen LogP contribution in [0.25, 0.3) is 11.0 Å². The summed E-state index contributed by atoms with van der Waals surface area (Å²) < 4.78 is 1.60. The molecular weight excluding hydrogens is 296 g/mol. The molecule has 0 bridgehead atoms. The van der Waals surface area contributed by atoms with Crippen molar-refractivity contribution in [2.24, 2.45) is 0 Å². The number of hydrogen-bond acceptors (Lipinski definition) is 7. The SMILES string of the molecule is C[C@]1(O)C(n2ccc3c(=O)[nH]c(N)nc32)S[C@H](CO)[C@H]1O. The van der Waals surface area contributed by atoms with Crippen LogP contribution in [-0.2, 0) is 0 Å². The minimum Gasteiger partial charge on any atom is -0.395 e. The standard InChI is InChI=1S/C12H16N4O4S/c1-12(20)7(18)6(4-17)21-10(12)16-3-2-5-8(16)14-11(13)15-9(5)19/h2-3,6-7,10,17-18,20H,4H2,1H3,(H3,13,14,15,19)/t6-,7-,10?,12-/m1/s1. The fourth-order valence-corrected chi connectivity index (χ4v) is 4.20. The van der Waals surface area contributed by atoms with Crippen LogP contribution < -0.4 is 11.3 Å². The van der Waals surface area contributed by atoms with Crippen LogP contribution in [0.3, 0.4) is 0 Å². The van der Waals surface area contributed by atoms with Gasteiger partial charge < -0.3 is 25.6 Å². The van der Waals surface area contributed by atoms with Gasteiger partial charge in [-0.05, 0) is 13.0 Å². The largest absolute Gasteiger partial charge is 0.395 e. The number of nitrogen functional groups attached to an aromatic ring is 1. The number of aromatic amines is 1. The molecule has 1 fully saturated rings. The van der Waals surface area contributed by atoms with Gasteiger partial charge in [-0.3, -0.25) is 9.78 Å². The summed E-state index contributed by atoms with van der Waals surface area (Å²) in [6, 6.07) is 1.58. The van der Waals surface area contributed by atoms with E-state index in [0.29, 0.717) is 11.0 Å². The van der Waals surface area contributed by atoms with E-state index in [4.69, 9.17) is 5.73 Å². The monoisotopic (exact) mass is 312 g/mol. The molecule has 6 N–H and O–H groups in total. The fourth-order valence-electron chi connectivity index (χ4n) is 2.64. The topological polar surface area (TPSA) is 137 Å². The zero-order chi connectivity index (χ0) is 15.4. The number of nitrogens with two attached hydrogens (primary N) is 1. The van der Waals surface area contributed by atoms with Crippen molar-refractivity contribution in [1.29, 1.82) is 0 Å². The Balaban J connectivity index is 2.15. The molecule has 0 aliphatic carbocycles. The van der Waals surface area contributed by atoms with E-state index < -0.39 is 22.3 Å². The number of fused-ring (bicyclic) bond motifs is 1. The highest BCUT2D eigenvalue weighted by molar-refractivity contribution is 8.00. The number of H-pyrrole nitrogens is 1. The normalized spacial score (nSPS) is 32.9. The molecule has 0 saturated carbocycles. The Labute approximate surface area is 123 Å². The molecule has 1 saturated heterocycles. The highest BCUT2D eigenvalue weighted by atomic mass is 32.2. The minimum absolute atomic E-state index is 0.0191. The van der Waals surface area contributed by atoms with Crippen LogP contribution in [0.4, 0.5) is 5.95 Å². The number of aromatic nitrogens is 3. The van der Waals surface area contributed by atoms with Crippen LogP contribution in [-0.4, -0.2) is 53.4 Å². The highest BCUT2D eigenvalue weighted by Crippen LogP contribution is 2.49. The van der Waals surface area contributed by atoms with Crippen LogP contribution in [0, 0.1) is 0 Å². The Bertz CT molecular complexity index is 740. The van der Waals surface area contributed by atoms with Gasteiger partial charge in [-0.2, -0.15) is 4.98 Å². The molecule has 0 aromatic carbocycles. The van der Waals surface area contributed by atoms with Crippen molar-refractivity contribution in [3.05, 3.63) is 22.6 Å². The molecule has 8 nitrogen and oxygen atoms in total. The van der Waals surface area contributed by atoms with Crippen LogP contribution >= 0.6 is 11.8 Å². The van der Waals surface area contributed by atoms with E-state index in [0.717, 1.165) is 0 Å². The Morgan fingerprint density at radius 1 is 1.62 bits per heavy atom. The first-order valence-corrected chi connectivity index (χ1v) is 7.33. The van der Waals surface area contributed by atoms with Gasteiger partial charge in [0.05, 0.1) is 23.3 Å². The van der Waals surface area contributed by atoms with Crippen molar-refractivity contribution in [2.45, 2.75) is 29.3 Å². The maximum atomic E-state index is 11.8. The Morgan fingerprint density at radius 2 is 2.33 bits per heavy atom. The average molecular weight is 312 g/mol. The average Bonchev–Trinajstić information content (AvgIpc) is 2.91. The third-order valence-electron chi connectivity index (χ3n) is 3.79. The predicted octanol–water partition coefficient (Wildman–Crippen LogP) is -0.975. The first-order chi connectivity index (χ1) is 9.86. The molecule has 4 atom stereocenters. The second-order valence-electron chi connectivity index (χ2n) is 5.29. The summed E-state index contributed by atoms with van der Waals surface area (Å²) in [5.74, 6) is -0.0191. The van der Waals surface area contributed by atoms with Crippen LogP contribution in [0.15, 0.2) is 17.1 Å². The van der Waals surface area contributed by atoms with Gasteiger partial charge in [0.2, 0.25) is 5.95 Å². The quantitative estimate of drug-likeness (QED) is 0.481. The molecule has 1 aliphatic rings. The zero-order valence-electron chi connectivity index (χ0n) is 11.2. The van der Waals surface area contributed by atoms with Crippen molar-refractivity contribution in [2.75, 3.05) is 12.3 Å². The molecule has 0 spiro atoms. The summed E-state index contributed by atoms with van der Waals surface area (Å²) in [6.45, 7) is 1.24. The molecule has 2 aromatic rings. The van der Waals surface area contributed by atoms with Crippen molar-refractivity contribution in [3.8, 4) is 0 Å². The lowest BCUT2D eigenvalue weighted by Crippen LogP contribution is -2.44.